The number of halogens is 1. The zero-order valence-corrected chi connectivity index (χ0v) is 14.8. The lowest BCUT2D eigenvalue weighted by atomic mass is 10.0. The van der Waals surface area contributed by atoms with Gasteiger partial charge in [0.25, 0.3) is 0 Å². The molecule has 2 N–H and O–H groups in total. The van der Waals surface area contributed by atoms with Crippen molar-refractivity contribution in [3.05, 3.63) is 28.8 Å². The maximum atomic E-state index is 12.3. The van der Waals surface area contributed by atoms with Gasteiger partial charge >= 0.3 is 0 Å². The predicted molar refractivity (Wildman–Crippen MR) is 95.8 cm³/mol. The average molecular weight is 365 g/mol. The van der Waals surface area contributed by atoms with Crippen LogP contribution in [-0.4, -0.2) is 55.5 Å². The maximum Gasteiger partial charge on any atom is 0.232 e. The highest BCUT2D eigenvalue weighted by Gasteiger charge is 2.29. The number of benzene rings is 1. The van der Waals surface area contributed by atoms with Gasteiger partial charge in [0.15, 0.2) is 0 Å². The summed E-state index contributed by atoms with van der Waals surface area (Å²) in [5.41, 5.74) is 1.46. The van der Waals surface area contributed by atoms with E-state index < -0.39 is 5.92 Å². The number of carbonyl (C=O) groups excluding carboxylic acids is 2. The Hall–Kier alpha value is -2.12. The van der Waals surface area contributed by atoms with E-state index in [1.165, 1.54) is 0 Å². The molecule has 1 unspecified atom stereocenters. The molecule has 0 aromatic heterocycles. The largest absolute Gasteiger partial charge is 0.378 e. The van der Waals surface area contributed by atoms with Crippen LogP contribution in [0.4, 0.5) is 5.69 Å². The monoisotopic (exact) mass is 364 g/mol. The zero-order chi connectivity index (χ0) is 17.8. The lowest BCUT2D eigenvalue weighted by molar-refractivity contribution is -0.127. The predicted octanol–water partition coefficient (Wildman–Crippen LogP) is 1.41. The van der Waals surface area contributed by atoms with Gasteiger partial charge in [-0.25, -0.2) is 0 Å². The van der Waals surface area contributed by atoms with Gasteiger partial charge in [0.1, 0.15) is 0 Å². The van der Waals surface area contributed by atoms with Gasteiger partial charge in [-0.05, 0) is 24.6 Å². The third-order valence-corrected chi connectivity index (χ3v) is 4.76. The number of hydrogen-bond donors (Lipinski definition) is 2. The van der Waals surface area contributed by atoms with Crippen molar-refractivity contribution in [1.82, 2.24) is 10.2 Å². The van der Waals surface area contributed by atoms with E-state index in [2.05, 4.69) is 15.6 Å². The second-order valence-electron chi connectivity index (χ2n) is 6.11. The number of guanidine groups is 1. The van der Waals surface area contributed by atoms with Gasteiger partial charge in [0.05, 0.1) is 25.7 Å². The number of amides is 2. The quantitative estimate of drug-likeness (QED) is 0.849. The molecule has 2 amide bonds. The third kappa shape index (κ3) is 4.29. The normalized spacial score (nSPS) is 20.7. The lowest BCUT2D eigenvalue weighted by Gasteiger charge is -2.32. The molecule has 1 aromatic carbocycles. The van der Waals surface area contributed by atoms with E-state index in [1.807, 2.05) is 11.8 Å². The molecule has 0 aliphatic carbocycles. The number of nitrogens with one attached hydrogen (secondary N) is 2. The Morgan fingerprint density at radius 3 is 2.92 bits per heavy atom. The highest BCUT2D eigenvalue weighted by molar-refractivity contribution is 6.31. The Labute approximate surface area is 151 Å². The summed E-state index contributed by atoms with van der Waals surface area (Å²) in [7, 11) is 0. The molecule has 134 valence electrons. The number of morpholine rings is 1. The van der Waals surface area contributed by atoms with E-state index in [1.54, 1.807) is 18.2 Å². The Morgan fingerprint density at radius 2 is 2.20 bits per heavy atom. The van der Waals surface area contributed by atoms with E-state index in [0.29, 0.717) is 49.5 Å². The van der Waals surface area contributed by atoms with Gasteiger partial charge in [0.2, 0.25) is 17.8 Å². The number of nitrogens with zero attached hydrogens (tertiary/aromatic N) is 2. The Balaban J connectivity index is 1.58. The molecule has 3 rings (SSSR count). The minimum Gasteiger partial charge on any atom is -0.378 e. The molecule has 0 bridgehead atoms. The van der Waals surface area contributed by atoms with Crippen LogP contribution in [0.15, 0.2) is 23.2 Å². The standard InChI is InChI=1S/C17H21ClN4O3/c1-11-13(18)3-2-4-14(11)20-15(23)9-12-10-19-17(21-16(12)24)22-5-7-25-8-6-22/h2-4,12H,5-10H2,1H3,(H,20,23)(H,19,21,24). The number of aliphatic imine (C=N–C) groups is 1. The van der Waals surface area contributed by atoms with Crippen molar-refractivity contribution in [3.63, 3.8) is 0 Å². The molecular weight excluding hydrogens is 344 g/mol. The summed E-state index contributed by atoms with van der Waals surface area (Å²) in [6, 6.07) is 5.33. The third-order valence-electron chi connectivity index (χ3n) is 4.35. The fraction of sp³-hybridized carbons (Fsp3) is 0.471. The van der Waals surface area contributed by atoms with Crippen LogP contribution in [0.5, 0.6) is 0 Å². The summed E-state index contributed by atoms with van der Waals surface area (Å²) in [6.07, 6.45) is 0.0810. The van der Waals surface area contributed by atoms with E-state index in [9.17, 15) is 9.59 Å². The van der Waals surface area contributed by atoms with Gasteiger partial charge in [0, 0.05) is 30.2 Å². The molecule has 8 heteroatoms. The van der Waals surface area contributed by atoms with E-state index >= 15 is 0 Å². The first-order chi connectivity index (χ1) is 12.0. The van der Waals surface area contributed by atoms with Gasteiger partial charge in [-0.1, -0.05) is 17.7 Å². The van der Waals surface area contributed by atoms with Crippen molar-refractivity contribution < 1.29 is 14.3 Å². The summed E-state index contributed by atoms with van der Waals surface area (Å²) >= 11 is 6.06. The molecule has 25 heavy (non-hydrogen) atoms. The molecule has 2 heterocycles. The molecule has 0 spiro atoms. The Morgan fingerprint density at radius 1 is 1.44 bits per heavy atom. The highest BCUT2D eigenvalue weighted by Crippen LogP contribution is 2.23. The first kappa shape index (κ1) is 17.7. The van der Waals surface area contributed by atoms with Gasteiger partial charge in [-0.15, -0.1) is 0 Å². The summed E-state index contributed by atoms with van der Waals surface area (Å²) in [6.45, 7) is 4.81. The molecule has 1 atom stereocenters. The van der Waals surface area contributed by atoms with E-state index in [-0.39, 0.29) is 18.2 Å². The van der Waals surface area contributed by atoms with Crippen LogP contribution < -0.4 is 10.6 Å². The van der Waals surface area contributed by atoms with Crippen LogP contribution in [0, 0.1) is 12.8 Å². The van der Waals surface area contributed by atoms with Crippen molar-refractivity contribution >= 4 is 35.1 Å². The van der Waals surface area contributed by atoms with Crippen molar-refractivity contribution in [2.45, 2.75) is 13.3 Å². The maximum absolute atomic E-state index is 12.3. The number of hydrogen-bond acceptors (Lipinski definition) is 5. The van der Waals surface area contributed by atoms with Crippen LogP contribution >= 0.6 is 11.6 Å². The first-order valence-corrected chi connectivity index (χ1v) is 8.65. The Kier molecular flexibility index (Phi) is 5.55. The minimum atomic E-state index is -0.468. The zero-order valence-electron chi connectivity index (χ0n) is 14.0. The van der Waals surface area contributed by atoms with Crippen molar-refractivity contribution in [1.29, 1.82) is 0 Å². The van der Waals surface area contributed by atoms with E-state index in [0.717, 1.165) is 5.56 Å². The fourth-order valence-electron chi connectivity index (χ4n) is 2.81. The molecule has 1 aromatic rings. The van der Waals surface area contributed by atoms with Gasteiger partial charge in [-0.2, -0.15) is 0 Å². The van der Waals surface area contributed by atoms with E-state index in [4.69, 9.17) is 16.3 Å². The number of ether oxygens (including phenoxy) is 1. The Bertz CT molecular complexity index is 701. The van der Waals surface area contributed by atoms with Gasteiger partial charge in [-0.3, -0.25) is 19.9 Å². The summed E-state index contributed by atoms with van der Waals surface area (Å²) in [4.78, 5) is 31.0. The molecule has 0 saturated carbocycles. The summed E-state index contributed by atoms with van der Waals surface area (Å²) in [5, 5.41) is 6.21. The first-order valence-electron chi connectivity index (χ1n) is 8.27. The minimum absolute atomic E-state index is 0.0810. The number of rotatable bonds is 3. The molecule has 2 aliphatic heterocycles. The van der Waals surface area contributed by atoms with Crippen LogP contribution in [0.25, 0.3) is 0 Å². The SMILES string of the molecule is Cc1c(Cl)cccc1NC(=O)CC1CN=C(N2CCOCC2)NC1=O. The number of anilines is 1. The topological polar surface area (TPSA) is 83.0 Å². The summed E-state index contributed by atoms with van der Waals surface area (Å²) in [5.74, 6) is -0.287. The highest BCUT2D eigenvalue weighted by atomic mass is 35.5. The van der Waals surface area contributed by atoms with Crippen LogP contribution in [0.1, 0.15) is 12.0 Å². The second-order valence-corrected chi connectivity index (χ2v) is 6.52. The molecular formula is C17H21ClN4O3. The van der Waals surface area contributed by atoms with Crippen molar-refractivity contribution in [2.75, 3.05) is 38.2 Å². The molecule has 1 saturated heterocycles. The van der Waals surface area contributed by atoms with Crippen LogP contribution in [0.3, 0.4) is 0 Å². The van der Waals surface area contributed by atoms with Crippen molar-refractivity contribution in [2.24, 2.45) is 10.9 Å². The molecule has 2 aliphatic rings. The van der Waals surface area contributed by atoms with Crippen LogP contribution in [-0.2, 0) is 14.3 Å². The molecule has 7 nitrogen and oxygen atoms in total. The molecule has 0 radical (unpaired) electrons. The van der Waals surface area contributed by atoms with Gasteiger partial charge < -0.3 is 15.0 Å². The summed E-state index contributed by atoms with van der Waals surface area (Å²) < 4.78 is 5.29. The van der Waals surface area contributed by atoms with Crippen molar-refractivity contribution in [3.8, 4) is 0 Å². The lowest BCUT2D eigenvalue weighted by Crippen LogP contribution is -2.53. The van der Waals surface area contributed by atoms with Crippen LogP contribution in [0.2, 0.25) is 5.02 Å². The second kappa shape index (κ2) is 7.84. The fourth-order valence-corrected chi connectivity index (χ4v) is 2.99. The smallest absolute Gasteiger partial charge is 0.232 e. The number of carbonyl (C=O) groups is 2. The average Bonchev–Trinajstić information content (AvgIpc) is 2.61. The molecule has 1 fully saturated rings.